The zero-order valence-electron chi connectivity index (χ0n) is 11.5. The Balaban J connectivity index is 1.99. The van der Waals surface area contributed by atoms with Crippen LogP contribution in [0.5, 0.6) is 0 Å². The molecule has 0 fully saturated rings. The second kappa shape index (κ2) is 6.95. The fraction of sp³-hybridized carbons (Fsp3) is 0.294. The lowest BCUT2D eigenvalue weighted by Gasteiger charge is -2.18. The lowest BCUT2D eigenvalue weighted by atomic mass is 10.0. The molecule has 1 atom stereocenters. The number of nitrogen functional groups attached to an aromatic ring is 1. The molecule has 2 nitrogen and oxygen atoms in total. The van der Waals surface area contributed by atoms with Crippen molar-refractivity contribution in [2.24, 2.45) is 0 Å². The number of rotatable bonds is 6. The molecule has 2 rings (SSSR count). The number of anilines is 1. The van der Waals surface area contributed by atoms with E-state index in [4.69, 9.17) is 5.73 Å². The molecule has 0 aromatic heterocycles. The van der Waals surface area contributed by atoms with Gasteiger partial charge in [0.05, 0.1) is 0 Å². The lowest BCUT2D eigenvalue weighted by Crippen LogP contribution is -2.20. The van der Waals surface area contributed by atoms with Gasteiger partial charge in [0.1, 0.15) is 0 Å². The zero-order valence-corrected chi connectivity index (χ0v) is 11.5. The van der Waals surface area contributed by atoms with E-state index in [1.165, 1.54) is 17.5 Å². The van der Waals surface area contributed by atoms with Gasteiger partial charge in [0.25, 0.3) is 0 Å². The Hall–Kier alpha value is -1.80. The van der Waals surface area contributed by atoms with Crippen molar-refractivity contribution in [3.63, 3.8) is 0 Å². The summed E-state index contributed by atoms with van der Waals surface area (Å²) >= 11 is 0. The molecule has 0 saturated heterocycles. The van der Waals surface area contributed by atoms with Crippen molar-refractivity contribution in [2.75, 3.05) is 5.73 Å². The molecule has 0 saturated carbocycles. The van der Waals surface area contributed by atoms with E-state index in [1.54, 1.807) is 0 Å². The normalized spacial score (nSPS) is 12.3. The van der Waals surface area contributed by atoms with E-state index in [0.29, 0.717) is 6.04 Å². The Labute approximate surface area is 115 Å². The highest BCUT2D eigenvalue weighted by Gasteiger charge is 2.09. The molecule has 0 spiro atoms. The Morgan fingerprint density at radius 1 is 1.00 bits per heavy atom. The number of hydrogen-bond acceptors (Lipinski definition) is 2. The van der Waals surface area contributed by atoms with Crippen molar-refractivity contribution >= 4 is 5.69 Å². The van der Waals surface area contributed by atoms with Crippen LogP contribution in [0.2, 0.25) is 0 Å². The van der Waals surface area contributed by atoms with E-state index >= 15 is 0 Å². The molecule has 0 amide bonds. The van der Waals surface area contributed by atoms with Gasteiger partial charge in [-0.15, -0.1) is 0 Å². The predicted octanol–water partition coefficient (Wildman–Crippen LogP) is 3.90. The Morgan fingerprint density at radius 3 is 2.32 bits per heavy atom. The van der Waals surface area contributed by atoms with Gasteiger partial charge in [-0.25, -0.2) is 0 Å². The summed E-state index contributed by atoms with van der Waals surface area (Å²) in [6.07, 6.45) is 2.33. The van der Waals surface area contributed by atoms with Crippen LogP contribution in [0.3, 0.4) is 0 Å². The van der Waals surface area contributed by atoms with Gasteiger partial charge in [0.2, 0.25) is 0 Å². The van der Waals surface area contributed by atoms with Crippen molar-refractivity contribution in [1.29, 1.82) is 0 Å². The first kappa shape index (κ1) is 13.6. The molecular formula is C17H22N2. The van der Waals surface area contributed by atoms with Crippen LogP contribution in [-0.4, -0.2) is 0 Å². The van der Waals surface area contributed by atoms with Crippen LogP contribution >= 0.6 is 0 Å². The molecule has 0 aliphatic heterocycles. The molecule has 2 aromatic carbocycles. The van der Waals surface area contributed by atoms with Gasteiger partial charge in [-0.05, 0) is 29.7 Å². The highest BCUT2D eigenvalue weighted by Crippen LogP contribution is 2.19. The first-order valence-electron chi connectivity index (χ1n) is 6.92. The van der Waals surface area contributed by atoms with Crippen molar-refractivity contribution in [1.82, 2.24) is 5.32 Å². The van der Waals surface area contributed by atoms with Gasteiger partial charge in [-0.2, -0.15) is 0 Å². The third-order valence-corrected chi connectivity index (χ3v) is 3.31. The largest absolute Gasteiger partial charge is 0.399 e. The van der Waals surface area contributed by atoms with Crippen LogP contribution in [0.4, 0.5) is 5.69 Å². The second-order valence-electron chi connectivity index (χ2n) is 4.87. The molecule has 0 aliphatic rings. The fourth-order valence-corrected chi connectivity index (χ4v) is 2.24. The smallest absolute Gasteiger partial charge is 0.0323 e. The number of benzene rings is 2. The lowest BCUT2D eigenvalue weighted by molar-refractivity contribution is 0.493. The van der Waals surface area contributed by atoms with Crippen LogP contribution in [0, 0.1) is 0 Å². The molecule has 0 aliphatic carbocycles. The van der Waals surface area contributed by atoms with Crippen LogP contribution in [0.1, 0.15) is 36.9 Å². The first-order chi connectivity index (χ1) is 9.29. The number of nitrogens with one attached hydrogen (secondary N) is 1. The minimum atomic E-state index is 0.420. The van der Waals surface area contributed by atoms with E-state index in [0.717, 1.165) is 18.7 Å². The average Bonchev–Trinajstić information content (AvgIpc) is 2.46. The first-order valence-corrected chi connectivity index (χ1v) is 6.92. The van der Waals surface area contributed by atoms with Crippen molar-refractivity contribution in [3.8, 4) is 0 Å². The Kier molecular flexibility index (Phi) is 4.99. The zero-order chi connectivity index (χ0) is 13.5. The Bertz CT molecular complexity index is 476. The maximum absolute atomic E-state index is 5.70. The van der Waals surface area contributed by atoms with Crippen LogP contribution in [-0.2, 0) is 6.54 Å². The highest BCUT2D eigenvalue weighted by atomic mass is 14.9. The van der Waals surface area contributed by atoms with Crippen LogP contribution < -0.4 is 11.1 Å². The van der Waals surface area contributed by atoms with Crippen molar-refractivity contribution in [2.45, 2.75) is 32.4 Å². The monoisotopic (exact) mass is 254 g/mol. The molecule has 0 radical (unpaired) electrons. The van der Waals surface area contributed by atoms with Crippen LogP contribution in [0.25, 0.3) is 0 Å². The van der Waals surface area contributed by atoms with Gasteiger partial charge in [0, 0.05) is 18.3 Å². The van der Waals surface area contributed by atoms with Gasteiger partial charge < -0.3 is 11.1 Å². The number of nitrogens with two attached hydrogens (primary N) is 1. The summed E-state index contributed by atoms with van der Waals surface area (Å²) in [6.45, 7) is 3.10. The number of hydrogen-bond donors (Lipinski definition) is 2. The van der Waals surface area contributed by atoms with Crippen molar-refractivity contribution < 1.29 is 0 Å². The summed E-state index contributed by atoms with van der Waals surface area (Å²) in [6, 6.07) is 19.1. The van der Waals surface area contributed by atoms with Gasteiger partial charge in [0.15, 0.2) is 0 Å². The van der Waals surface area contributed by atoms with E-state index < -0.39 is 0 Å². The SMILES string of the molecule is CCC[C@@H](NCc1ccc(N)cc1)c1ccccc1. The third-order valence-electron chi connectivity index (χ3n) is 3.31. The Morgan fingerprint density at radius 2 is 1.68 bits per heavy atom. The molecule has 3 N–H and O–H groups in total. The van der Waals surface area contributed by atoms with Gasteiger partial charge >= 0.3 is 0 Å². The molecule has 100 valence electrons. The minimum Gasteiger partial charge on any atom is -0.399 e. The summed E-state index contributed by atoms with van der Waals surface area (Å²) < 4.78 is 0. The fourth-order valence-electron chi connectivity index (χ4n) is 2.24. The topological polar surface area (TPSA) is 38.0 Å². The van der Waals surface area contributed by atoms with Crippen molar-refractivity contribution in [3.05, 3.63) is 65.7 Å². The molecule has 0 unspecified atom stereocenters. The molecular weight excluding hydrogens is 232 g/mol. The summed E-state index contributed by atoms with van der Waals surface area (Å²) in [5.41, 5.74) is 9.15. The van der Waals surface area contributed by atoms with E-state index in [2.05, 4.69) is 54.7 Å². The minimum absolute atomic E-state index is 0.420. The third kappa shape index (κ3) is 4.11. The molecule has 0 bridgehead atoms. The van der Waals surface area contributed by atoms with E-state index in [9.17, 15) is 0 Å². The molecule has 2 heteroatoms. The maximum atomic E-state index is 5.70. The quantitative estimate of drug-likeness (QED) is 0.767. The van der Waals surface area contributed by atoms with E-state index in [1.807, 2.05) is 12.1 Å². The summed E-state index contributed by atoms with van der Waals surface area (Å²) in [5, 5.41) is 3.63. The van der Waals surface area contributed by atoms with Crippen LogP contribution in [0.15, 0.2) is 54.6 Å². The second-order valence-corrected chi connectivity index (χ2v) is 4.87. The average molecular weight is 254 g/mol. The summed E-state index contributed by atoms with van der Waals surface area (Å²) in [4.78, 5) is 0. The standard InChI is InChI=1S/C17H22N2/c1-2-6-17(15-7-4-3-5-8-15)19-13-14-9-11-16(18)12-10-14/h3-5,7-12,17,19H,2,6,13,18H2,1H3/t17-/m1/s1. The van der Waals surface area contributed by atoms with Gasteiger partial charge in [-0.3, -0.25) is 0 Å². The molecule has 19 heavy (non-hydrogen) atoms. The summed E-state index contributed by atoms with van der Waals surface area (Å²) in [7, 11) is 0. The summed E-state index contributed by atoms with van der Waals surface area (Å²) in [5.74, 6) is 0. The molecule has 0 heterocycles. The highest BCUT2D eigenvalue weighted by molar-refractivity contribution is 5.39. The molecule has 2 aromatic rings. The maximum Gasteiger partial charge on any atom is 0.0323 e. The predicted molar refractivity (Wildman–Crippen MR) is 81.8 cm³/mol. The van der Waals surface area contributed by atoms with E-state index in [-0.39, 0.29) is 0 Å². The van der Waals surface area contributed by atoms with Gasteiger partial charge in [-0.1, -0.05) is 55.8 Å².